The van der Waals surface area contributed by atoms with E-state index in [2.05, 4.69) is 43.2 Å². The maximum absolute atomic E-state index is 4.52. The van der Waals surface area contributed by atoms with Crippen LogP contribution < -0.4 is 5.32 Å². The third kappa shape index (κ3) is 2.60. The van der Waals surface area contributed by atoms with E-state index >= 15 is 0 Å². The number of hydrogen-bond acceptors (Lipinski definition) is 4. The number of fused-ring (bicyclic) bond motifs is 1. The minimum Gasteiger partial charge on any atom is -0.366 e. The summed E-state index contributed by atoms with van der Waals surface area (Å²) in [6.07, 6.45) is 9.16. The molecule has 19 heavy (non-hydrogen) atoms. The van der Waals surface area contributed by atoms with Crippen LogP contribution in [0.2, 0.25) is 0 Å². The van der Waals surface area contributed by atoms with Crippen molar-refractivity contribution in [2.75, 3.05) is 5.32 Å². The molecule has 98 valence electrons. The van der Waals surface area contributed by atoms with Crippen molar-refractivity contribution < 1.29 is 0 Å². The average molecular weight is 321 g/mol. The Labute approximate surface area is 118 Å². The quantitative estimate of drug-likeness (QED) is 0.800. The van der Waals surface area contributed by atoms with Gasteiger partial charge in [-0.15, -0.1) is 0 Å². The molecule has 0 aliphatic rings. The van der Waals surface area contributed by atoms with Gasteiger partial charge in [0, 0.05) is 31.2 Å². The zero-order valence-corrected chi connectivity index (χ0v) is 11.9. The minimum absolute atomic E-state index is 0.255. The molecule has 0 spiro atoms. The Morgan fingerprint density at radius 3 is 3.11 bits per heavy atom. The minimum atomic E-state index is 0.255. The van der Waals surface area contributed by atoms with E-state index in [0.29, 0.717) is 0 Å². The highest BCUT2D eigenvalue weighted by Gasteiger charge is 2.07. The molecule has 0 aromatic carbocycles. The molecule has 0 amide bonds. The normalized spacial score (nSPS) is 12.7. The molecule has 0 aliphatic carbocycles. The zero-order chi connectivity index (χ0) is 13.2. The zero-order valence-electron chi connectivity index (χ0n) is 10.4. The highest BCUT2D eigenvalue weighted by Crippen LogP contribution is 2.17. The lowest BCUT2D eigenvalue weighted by Gasteiger charge is -2.15. The van der Waals surface area contributed by atoms with Gasteiger partial charge in [-0.1, -0.05) is 0 Å². The summed E-state index contributed by atoms with van der Waals surface area (Å²) in [5, 5.41) is 7.53. The third-order valence-corrected chi connectivity index (χ3v) is 3.32. The molecule has 0 saturated heterocycles. The summed E-state index contributed by atoms with van der Waals surface area (Å²) >= 11 is 3.43. The molecule has 1 atom stereocenters. The number of halogens is 1. The number of hydrogen-bond donors (Lipinski definition) is 1. The topological polar surface area (TPSA) is 60.0 Å². The summed E-state index contributed by atoms with van der Waals surface area (Å²) in [7, 11) is 0. The van der Waals surface area contributed by atoms with Gasteiger partial charge in [-0.25, -0.2) is 14.5 Å². The number of aromatic nitrogens is 5. The Kier molecular flexibility index (Phi) is 3.20. The first-order valence-corrected chi connectivity index (χ1v) is 6.74. The van der Waals surface area contributed by atoms with Crippen molar-refractivity contribution in [2.45, 2.75) is 19.5 Å². The summed E-state index contributed by atoms with van der Waals surface area (Å²) in [6.45, 7) is 2.95. The van der Waals surface area contributed by atoms with E-state index in [1.54, 1.807) is 16.9 Å². The Hall–Kier alpha value is -1.89. The van der Waals surface area contributed by atoms with Crippen LogP contribution in [0.3, 0.4) is 0 Å². The van der Waals surface area contributed by atoms with Gasteiger partial charge in [0.25, 0.3) is 0 Å². The number of rotatable bonds is 4. The van der Waals surface area contributed by atoms with Crippen molar-refractivity contribution in [1.82, 2.24) is 24.1 Å². The van der Waals surface area contributed by atoms with Gasteiger partial charge in [0.05, 0.1) is 17.0 Å². The first-order valence-electron chi connectivity index (χ1n) is 5.94. The molecule has 6 nitrogen and oxygen atoms in total. The van der Waals surface area contributed by atoms with Crippen molar-refractivity contribution >= 4 is 27.4 Å². The van der Waals surface area contributed by atoms with E-state index in [4.69, 9.17) is 0 Å². The number of anilines is 1. The summed E-state index contributed by atoms with van der Waals surface area (Å²) in [5.74, 6) is 0.835. The van der Waals surface area contributed by atoms with E-state index in [1.165, 1.54) is 0 Å². The van der Waals surface area contributed by atoms with Crippen LogP contribution in [0, 0.1) is 0 Å². The molecule has 3 rings (SSSR count). The van der Waals surface area contributed by atoms with Gasteiger partial charge in [-0.05, 0) is 28.9 Å². The molecule has 3 heterocycles. The van der Waals surface area contributed by atoms with Gasteiger partial charge < -0.3 is 9.88 Å². The molecular weight excluding hydrogens is 308 g/mol. The predicted octanol–water partition coefficient (Wildman–Crippen LogP) is 2.19. The molecule has 0 bridgehead atoms. The predicted molar refractivity (Wildman–Crippen MR) is 76.0 cm³/mol. The molecule has 1 N–H and O–H groups in total. The van der Waals surface area contributed by atoms with Crippen molar-refractivity contribution in [3.8, 4) is 0 Å². The smallest absolute Gasteiger partial charge is 0.171 e. The molecule has 1 unspecified atom stereocenters. The molecule has 0 aliphatic heterocycles. The van der Waals surface area contributed by atoms with Crippen molar-refractivity contribution in [1.29, 1.82) is 0 Å². The van der Waals surface area contributed by atoms with Gasteiger partial charge >= 0.3 is 0 Å². The lowest BCUT2D eigenvalue weighted by Crippen LogP contribution is -2.22. The van der Waals surface area contributed by atoms with Crippen molar-refractivity contribution in [2.24, 2.45) is 0 Å². The van der Waals surface area contributed by atoms with E-state index < -0.39 is 0 Å². The second-order valence-corrected chi connectivity index (χ2v) is 5.23. The first-order chi connectivity index (χ1) is 9.22. The van der Waals surface area contributed by atoms with E-state index in [1.807, 2.05) is 29.4 Å². The van der Waals surface area contributed by atoms with Crippen LogP contribution in [0.15, 0.2) is 41.7 Å². The highest BCUT2D eigenvalue weighted by atomic mass is 79.9. The van der Waals surface area contributed by atoms with Gasteiger partial charge in [-0.3, -0.25) is 0 Å². The number of nitrogens with one attached hydrogen (secondary N) is 1. The summed E-state index contributed by atoms with van der Waals surface area (Å²) < 4.78 is 4.65. The van der Waals surface area contributed by atoms with Crippen LogP contribution in [0.1, 0.15) is 6.92 Å². The maximum atomic E-state index is 4.52. The number of imidazole rings is 1. The fraction of sp³-hybridized carbons (Fsp3) is 0.250. The number of nitrogens with zero attached hydrogens (tertiary/aromatic N) is 5. The Morgan fingerprint density at radius 1 is 1.42 bits per heavy atom. The summed E-state index contributed by atoms with van der Waals surface area (Å²) in [6, 6.07) is 2.17. The largest absolute Gasteiger partial charge is 0.366 e. The van der Waals surface area contributed by atoms with Gasteiger partial charge in [0.1, 0.15) is 5.82 Å². The van der Waals surface area contributed by atoms with Gasteiger partial charge in [-0.2, -0.15) is 5.10 Å². The molecule has 3 aromatic heterocycles. The lowest BCUT2D eigenvalue weighted by molar-refractivity contribution is 0.617. The second kappa shape index (κ2) is 5.00. The van der Waals surface area contributed by atoms with Crippen molar-refractivity contribution in [3.05, 3.63) is 41.7 Å². The Balaban J connectivity index is 1.75. The third-order valence-electron chi connectivity index (χ3n) is 2.76. The van der Waals surface area contributed by atoms with Crippen LogP contribution in [-0.4, -0.2) is 30.2 Å². The lowest BCUT2D eigenvalue weighted by atomic mass is 10.3. The molecule has 7 heteroatoms. The summed E-state index contributed by atoms with van der Waals surface area (Å²) in [4.78, 5) is 8.55. The van der Waals surface area contributed by atoms with Crippen LogP contribution >= 0.6 is 15.9 Å². The van der Waals surface area contributed by atoms with E-state index in [0.717, 1.165) is 22.5 Å². The van der Waals surface area contributed by atoms with E-state index in [9.17, 15) is 0 Å². The molecular formula is C12H13BrN6. The standard InChI is InChI=1S/C12H13BrN6/c1-9(7-18-5-3-14-8-18)16-11-2-4-19-12(17-11)10(13)6-15-19/h2-6,8-9H,7H2,1H3,(H,16,17). The Bertz CT molecular complexity index is 675. The highest BCUT2D eigenvalue weighted by molar-refractivity contribution is 9.10. The van der Waals surface area contributed by atoms with Crippen LogP contribution in [0.4, 0.5) is 5.82 Å². The molecule has 0 saturated carbocycles. The van der Waals surface area contributed by atoms with Gasteiger partial charge in [0.15, 0.2) is 5.65 Å². The van der Waals surface area contributed by atoms with E-state index in [-0.39, 0.29) is 6.04 Å². The maximum Gasteiger partial charge on any atom is 0.171 e. The van der Waals surface area contributed by atoms with Gasteiger partial charge in [0.2, 0.25) is 0 Å². The molecule has 0 fully saturated rings. The average Bonchev–Trinajstić information content (AvgIpc) is 3.00. The van der Waals surface area contributed by atoms with Crippen LogP contribution in [-0.2, 0) is 6.54 Å². The fourth-order valence-electron chi connectivity index (χ4n) is 1.93. The fourth-order valence-corrected chi connectivity index (χ4v) is 2.29. The second-order valence-electron chi connectivity index (χ2n) is 4.38. The SMILES string of the molecule is CC(Cn1ccnc1)Nc1ccn2ncc(Br)c2n1. The van der Waals surface area contributed by atoms with Crippen molar-refractivity contribution in [3.63, 3.8) is 0 Å². The molecule has 3 aromatic rings. The van der Waals surface area contributed by atoms with Crippen LogP contribution in [0.25, 0.3) is 5.65 Å². The van der Waals surface area contributed by atoms with Crippen LogP contribution in [0.5, 0.6) is 0 Å². The summed E-state index contributed by atoms with van der Waals surface area (Å²) in [5.41, 5.74) is 0.805. The first kappa shape index (κ1) is 12.2. The monoisotopic (exact) mass is 320 g/mol. The Morgan fingerprint density at radius 2 is 2.32 bits per heavy atom. The molecule has 0 radical (unpaired) electrons.